The lowest BCUT2D eigenvalue weighted by Gasteiger charge is -2.16. The number of phenols is 2. The van der Waals surface area contributed by atoms with Crippen molar-refractivity contribution in [2.24, 2.45) is 0 Å². The van der Waals surface area contributed by atoms with E-state index in [0.29, 0.717) is 5.56 Å². The van der Waals surface area contributed by atoms with Crippen LogP contribution < -0.4 is 4.74 Å². The number of carbonyl (C=O) groups excluding carboxylic acids is 3. The maximum atomic E-state index is 12.0. The normalized spacial score (nSPS) is 12.3. The number of hydrogen-bond donors (Lipinski definition) is 3. The summed E-state index contributed by atoms with van der Waals surface area (Å²) in [7, 11) is 1.58. The van der Waals surface area contributed by atoms with Crippen LogP contribution in [0.3, 0.4) is 0 Å². The number of Topliss-reactive ketones (excluding diaryl/α,β-unsaturated/α-hetero) is 3. The monoisotopic (exact) mass is 500 g/mol. The third-order valence-corrected chi connectivity index (χ3v) is 5.71. The van der Waals surface area contributed by atoms with Gasteiger partial charge in [0.1, 0.15) is 23.0 Å². The molecule has 0 atom stereocenters. The molecule has 7 heteroatoms. The Morgan fingerprint density at radius 1 is 0.865 bits per heavy atom. The zero-order chi connectivity index (χ0) is 27.1. The van der Waals surface area contributed by atoms with Crippen molar-refractivity contribution in [3.05, 3.63) is 106 Å². The molecule has 0 radical (unpaired) electrons. The molecule has 0 aliphatic heterocycles. The van der Waals surface area contributed by atoms with Crippen LogP contribution in [0.15, 0.2) is 84.0 Å². The lowest BCUT2D eigenvalue weighted by Crippen LogP contribution is -2.23. The largest absolute Gasteiger partial charge is 0.508 e. The number of phenolic OH excluding ortho intramolecular Hbond substituents is 2. The van der Waals surface area contributed by atoms with Crippen molar-refractivity contribution in [3.63, 3.8) is 0 Å². The first-order chi connectivity index (χ1) is 17.6. The van der Waals surface area contributed by atoms with Gasteiger partial charge in [-0.2, -0.15) is 0 Å². The molecule has 0 spiro atoms. The number of allylic oxidation sites excluding steroid dienone is 3. The van der Waals surface area contributed by atoms with Crippen LogP contribution in [0.5, 0.6) is 17.2 Å². The van der Waals surface area contributed by atoms with Gasteiger partial charge in [-0.3, -0.25) is 14.4 Å². The zero-order valence-electron chi connectivity index (χ0n) is 20.8. The highest BCUT2D eigenvalue weighted by Crippen LogP contribution is 2.29. The lowest BCUT2D eigenvalue weighted by molar-refractivity contribution is -0.112. The molecule has 3 N–H and O–H groups in total. The summed E-state index contributed by atoms with van der Waals surface area (Å²) in [4.78, 5) is 35.8. The molecule has 3 aromatic carbocycles. The van der Waals surface area contributed by atoms with Crippen LogP contribution >= 0.6 is 0 Å². The van der Waals surface area contributed by atoms with Gasteiger partial charge in [0.15, 0.2) is 5.78 Å². The van der Waals surface area contributed by atoms with Gasteiger partial charge in [0, 0.05) is 29.2 Å². The molecule has 7 nitrogen and oxygen atoms in total. The fourth-order valence-corrected chi connectivity index (χ4v) is 3.69. The molecule has 3 aromatic rings. The number of methoxy groups -OCH3 is 1. The second-order valence-corrected chi connectivity index (χ2v) is 8.67. The van der Waals surface area contributed by atoms with Crippen molar-refractivity contribution < 1.29 is 34.4 Å². The summed E-state index contributed by atoms with van der Waals surface area (Å²) >= 11 is 0. The van der Waals surface area contributed by atoms with Crippen LogP contribution in [0.4, 0.5) is 0 Å². The number of ketones is 3. The van der Waals surface area contributed by atoms with Gasteiger partial charge in [0.05, 0.1) is 12.7 Å². The van der Waals surface area contributed by atoms with Crippen molar-refractivity contribution >= 4 is 23.1 Å². The first-order valence-corrected chi connectivity index (χ1v) is 11.5. The predicted octanol–water partition coefficient (Wildman–Crippen LogP) is 5.61. The summed E-state index contributed by atoms with van der Waals surface area (Å²) in [6.07, 6.45) is 2.29. The lowest BCUT2D eigenvalue weighted by atomic mass is 9.87. The van der Waals surface area contributed by atoms with Gasteiger partial charge in [-0.1, -0.05) is 48.0 Å². The molecular weight excluding hydrogens is 472 g/mol. The average Bonchev–Trinajstić information content (AvgIpc) is 2.88. The highest BCUT2D eigenvalue weighted by atomic mass is 16.5. The molecule has 0 fully saturated rings. The molecule has 0 amide bonds. The summed E-state index contributed by atoms with van der Waals surface area (Å²) in [6.45, 7) is 3.81. The highest BCUT2D eigenvalue weighted by molar-refractivity contribution is 6.52. The van der Waals surface area contributed by atoms with Crippen molar-refractivity contribution in [1.29, 1.82) is 0 Å². The van der Waals surface area contributed by atoms with E-state index in [1.54, 1.807) is 55.6 Å². The quantitative estimate of drug-likeness (QED) is 0.228. The molecule has 37 heavy (non-hydrogen) atoms. The number of fused-ring (bicyclic) bond motifs is 1. The van der Waals surface area contributed by atoms with Crippen molar-refractivity contribution in [2.45, 2.75) is 26.7 Å². The van der Waals surface area contributed by atoms with Crippen LogP contribution in [-0.4, -0.2) is 39.8 Å². The SMILES string of the molecule is CC(C)=CCC1=C(O)c2ccccc2C(=O)C1=O.COc1ccc(CC(=O)c2ccc(O)cc2O)cc1. The summed E-state index contributed by atoms with van der Waals surface area (Å²) in [6, 6.07) is 17.7. The number of benzene rings is 3. The van der Waals surface area contributed by atoms with E-state index in [1.807, 2.05) is 19.9 Å². The Bertz CT molecular complexity index is 1390. The Balaban J connectivity index is 0.000000206. The second kappa shape index (κ2) is 11.9. The predicted molar refractivity (Wildman–Crippen MR) is 140 cm³/mol. The first kappa shape index (κ1) is 26.9. The number of aliphatic hydroxyl groups is 1. The molecular formula is C30H28O7. The molecule has 1 aliphatic carbocycles. The number of hydrogen-bond acceptors (Lipinski definition) is 7. The Morgan fingerprint density at radius 2 is 1.51 bits per heavy atom. The van der Waals surface area contributed by atoms with Gasteiger partial charge in [0.2, 0.25) is 11.6 Å². The van der Waals surface area contributed by atoms with E-state index >= 15 is 0 Å². The van der Waals surface area contributed by atoms with E-state index in [9.17, 15) is 29.7 Å². The van der Waals surface area contributed by atoms with E-state index in [-0.39, 0.29) is 52.6 Å². The van der Waals surface area contributed by atoms with Gasteiger partial charge in [0.25, 0.3) is 0 Å². The molecule has 190 valence electrons. The Morgan fingerprint density at radius 3 is 2.11 bits per heavy atom. The fraction of sp³-hybridized carbons (Fsp3) is 0.167. The van der Waals surface area contributed by atoms with E-state index in [1.165, 1.54) is 12.1 Å². The van der Waals surface area contributed by atoms with Crippen LogP contribution in [0.25, 0.3) is 5.76 Å². The van der Waals surface area contributed by atoms with Crippen LogP contribution in [0, 0.1) is 0 Å². The van der Waals surface area contributed by atoms with Crippen LogP contribution in [0.2, 0.25) is 0 Å². The minimum absolute atomic E-state index is 0.0708. The van der Waals surface area contributed by atoms with Gasteiger partial charge < -0.3 is 20.1 Å². The van der Waals surface area contributed by atoms with Gasteiger partial charge in [-0.25, -0.2) is 0 Å². The minimum atomic E-state index is -0.608. The summed E-state index contributed by atoms with van der Waals surface area (Å²) < 4.78 is 5.04. The fourth-order valence-electron chi connectivity index (χ4n) is 3.69. The molecule has 1 aliphatic rings. The topological polar surface area (TPSA) is 121 Å². The van der Waals surface area contributed by atoms with Crippen molar-refractivity contribution in [3.8, 4) is 17.2 Å². The molecule has 0 heterocycles. The van der Waals surface area contributed by atoms with Gasteiger partial charge in [-0.05, 0) is 50.1 Å². The van der Waals surface area contributed by atoms with Crippen molar-refractivity contribution in [1.82, 2.24) is 0 Å². The number of ether oxygens (including phenoxy) is 1. The summed E-state index contributed by atoms with van der Waals surface area (Å²) in [5, 5.41) is 28.9. The molecule has 0 bridgehead atoms. The Labute approximate surface area is 215 Å². The second-order valence-electron chi connectivity index (χ2n) is 8.67. The van der Waals surface area contributed by atoms with Crippen molar-refractivity contribution in [2.75, 3.05) is 7.11 Å². The maximum absolute atomic E-state index is 12.0. The Kier molecular flexibility index (Phi) is 8.64. The van der Waals surface area contributed by atoms with Crippen LogP contribution in [0.1, 0.15) is 52.1 Å². The van der Waals surface area contributed by atoms with E-state index in [0.717, 1.165) is 23.0 Å². The number of carbonyl (C=O) groups is 3. The number of aliphatic hydroxyl groups excluding tert-OH is 1. The van der Waals surface area contributed by atoms with E-state index in [2.05, 4.69) is 0 Å². The van der Waals surface area contributed by atoms with Gasteiger partial charge in [-0.15, -0.1) is 0 Å². The number of aromatic hydroxyl groups is 2. The van der Waals surface area contributed by atoms with E-state index < -0.39 is 11.6 Å². The number of rotatable bonds is 6. The molecule has 0 saturated carbocycles. The summed E-state index contributed by atoms with van der Waals surface area (Å²) in [5.74, 6) is -0.986. The molecule has 4 rings (SSSR count). The highest BCUT2D eigenvalue weighted by Gasteiger charge is 2.31. The smallest absolute Gasteiger partial charge is 0.234 e. The first-order valence-electron chi connectivity index (χ1n) is 11.5. The average molecular weight is 501 g/mol. The molecule has 0 aromatic heterocycles. The zero-order valence-corrected chi connectivity index (χ0v) is 20.8. The standard InChI is InChI=1S/C15H14O4.C15H14O3/c1-19-12-5-2-10(3-6-12)8-14(17)13-7-4-11(16)9-15(13)18;1-9(2)7-8-12-13(16)10-5-3-4-6-11(10)14(17)15(12)18/h2-7,9,16,18H,8H2,1H3;3-7,16H,8H2,1-2H3. The Hall–Kier alpha value is -4.65. The van der Waals surface area contributed by atoms with Crippen LogP contribution in [-0.2, 0) is 11.2 Å². The molecule has 0 saturated heterocycles. The third-order valence-electron chi connectivity index (χ3n) is 5.71. The summed E-state index contributed by atoms with van der Waals surface area (Å²) in [5.41, 5.74) is 2.97. The maximum Gasteiger partial charge on any atom is 0.234 e. The third kappa shape index (κ3) is 6.52. The van der Waals surface area contributed by atoms with E-state index in [4.69, 9.17) is 4.74 Å². The minimum Gasteiger partial charge on any atom is -0.508 e. The van der Waals surface area contributed by atoms with Gasteiger partial charge >= 0.3 is 0 Å². The molecule has 0 unspecified atom stereocenters.